The molecule has 0 aliphatic carbocycles. The molecule has 2 aromatic carbocycles. The second-order valence-corrected chi connectivity index (χ2v) is 5.45. The van der Waals surface area contributed by atoms with Crippen molar-refractivity contribution in [1.29, 1.82) is 0 Å². The van der Waals surface area contributed by atoms with Crippen molar-refractivity contribution in [3.8, 4) is 11.5 Å². The normalized spacial score (nSPS) is 12.1. The second kappa shape index (κ2) is 6.56. The lowest BCUT2D eigenvalue weighted by Crippen LogP contribution is -2.02. The fourth-order valence-corrected chi connectivity index (χ4v) is 2.48. The van der Waals surface area contributed by atoms with Crippen LogP contribution < -0.4 is 9.47 Å². The van der Waals surface area contributed by atoms with Crippen molar-refractivity contribution in [3.63, 3.8) is 0 Å². The van der Waals surface area contributed by atoms with E-state index in [-0.39, 0.29) is 0 Å². The van der Waals surface area contributed by atoms with Crippen molar-refractivity contribution < 1.29 is 14.6 Å². The summed E-state index contributed by atoms with van der Waals surface area (Å²) in [6.07, 6.45) is -0.893. The third kappa shape index (κ3) is 3.26. The average molecular weight is 327 g/mol. The first-order valence-electron chi connectivity index (χ1n) is 6.33. The Morgan fingerprint density at radius 1 is 0.952 bits per heavy atom. The number of aliphatic hydroxyl groups is 1. The van der Waals surface area contributed by atoms with Gasteiger partial charge in [0.15, 0.2) is 11.5 Å². The largest absolute Gasteiger partial charge is 0.493 e. The van der Waals surface area contributed by atoms with Crippen LogP contribution in [-0.4, -0.2) is 19.3 Å². The van der Waals surface area contributed by atoms with Gasteiger partial charge in [-0.25, -0.2) is 0 Å². The quantitative estimate of drug-likeness (QED) is 0.904. The van der Waals surface area contributed by atoms with Gasteiger partial charge in [-0.1, -0.05) is 35.3 Å². The molecule has 112 valence electrons. The number of methoxy groups -OCH3 is 2. The molecule has 3 nitrogen and oxygen atoms in total. The zero-order valence-corrected chi connectivity index (χ0v) is 13.5. The van der Waals surface area contributed by atoms with E-state index < -0.39 is 6.10 Å². The van der Waals surface area contributed by atoms with Gasteiger partial charge in [0.25, 0.3) is 0 Å². The van der Waals surface area contributed by atoms with Crippen LogP contribution in [0.15, 0.2) is 30.3 Å². The fraction of sp³-hybridized carbons (Fsp3) is 0.250. The first kappa shape index (κ1) is 16.0. The number of ether oxygens (including phenoxy) is 2. The Bertz CT molecular complexity index is 656. The first-order valence-corrected chi connectivity index (χ1v) is 7.09. The van der Waals surface area contributed by atoms with Crippen LogP contribution in [0, 0.1) is 6.92 Å². The maximum atomic E-state index is 10.5. The van der Waals surface area contributed by atoms with E-state index in [1.807, 2.05) is 19.1 Å². The molecule has 0 aliphatic rings. The Labute approximate surface area is 134 Å². The van der Waals surface area contributed by atoms with Gasteiger partial charge < -0.3 is 14.6 Å². The van der Waals surface area contributed by atoms with Crippen molar-refractivity contribution in [2.45, 2.75) is 13.0 Å². The zero-order chi connectivity index (χ0) is 15.6. The summed E-state index contributed by atoms with van der Waals surface area (Å²) in [5.41, 5.74) is 2.15. The number of aliphatic hydroxyl groups excluding tert-OH is 1. The number of rotatable bonds is 4. The lowest BCUT2D eigenvalue weighted by atomic mass is 10.00. The highest BCUT2D eigenvalue weighted by molar-refractivity contribution is 6.32. The number of aryl methyl sites for hydroxylation is 1. The van der Waals surface area contributed by atoms with E-state index in [1.54, 1.807) is 18.2 Å². The van der Waals surface area contributed by atoms with Crippen molar-refractivity contribution in [3.05, 3.63) is 57.1 Å². The van der Waals surface area contributed by atoms with Gasteiger partial charge in [0.1, 0.15) is 6.10 Å². The van der Waals surface area contributed by atoms with E-state index in [1.165, 1.54) is 14.2 Å². The maximum Gasteiger partial charge on any atom is 0.162 e. The van der Waals surface area contributed by atoms with Crippen LogP contribution in [0.2, 0.25) is 10.0 Å². The molecule has 0 heterocycles. The lowest BCUT2D eigenvalue weighted by Gasteiger charge is -2.17. The maximum absolute atomic E-state index is 10.5. The smallest absolute Gasteiger partial charge is 0.162 e. The van der Waals surface area contributed by atoms with E-state index in [9.17, 15) is 5.11 Å². The highest BCUT2D eigenvalue weighted by atomic mass is 35.5. The van der Waals surface area contributed by atoms with Crippen LogP contribution in [0.3, 0.4) is 0 Å². The van der Waals surface area contributed by atoms with Crippen LogP contribution in [0.25, 0.3) is 0 Å². The Kier molecular flexibility index (Phi) is 4.99. The van der Waals surface area contributed by atoms with Crippen LogP contribution in [-0.2, 0) is 0 Å². The Morgan fingerprint density at radius 3 is 2.14 bits per heavy atom. The first-order chi connectivity index (χ1) is 9.97. The van der Waals surface area contributed by atoms with Crippen molar-refractivity contribution in [1.82, 2.24) is 0 Å². The van der Waals surface area contributed by atoms with Gasteiger partial charge in [-0.05, 0) is 30.2 Å². The van der Waals surface area contributed by atoms with E-state index >= 15 is 0 Å². The topological polar surface area (TPSA) is 38.7 Å². The molecule has 0 saturated heterocycles. The highest BCUT2D eigenvalue weighted by Crippen LogP contribution is 2.38. The molecule has 2 aromatic rings. The number of hydrogen-bond acceptors (Lipinski definition) is 3. The second-order valence-electron chi connectivity index (χ2n) is 4.64. The van der Waals surface area contributed by atoms with Gasteiger partial charge in [0, 0.05) is 16.7 Å². The average Bonchev–Trinajstić information content (AvgIpc) is 2.49. The standard InChI is InChI=1S/C16H16Cl2O3/c1-9-4-5-10(6-12(9)17)16(19)11-7-14(20-2)15(21-3)8-13(11)18/h4-8,16,19H,1-3H3. The van der Waals surface area contributed by atoms with Crippen LogP contribution in [0.1, 0.15) is 22.8 Å². The molecule has 2 rings (SSSR count). The van der Waals surface area contributed by atoms with Gasteiger partial charge in [-0.15, -0.1) is 0 Å². The highest BCUT2D eigenvalue weighted by Gasteiger charge is 2.18. The molecule has 0 aromatic heterocycles. The summed E-state index contributed by atoms with van der Waals surface area (Å²) in [5.74, 6) is 1.02. The molecule has 1 unspecified atom stereocenters. The Balaban J connectivity index is 2.47. The van der Waals surface area contributed by atoms with Crippen molar-refractivity contribution in [2.24, 2.45) is 0 Å². The van der Waals surface area contributed by atoms with Gasteiger partial charge in [0.05, 0.1) is 19.2 Å². The lowest BCUT2D eigenvalue weighted by molar-refractivity contribution is 0.219. The van der Waals surface area contributed by atoms with Gasteiger partial charge in [-0.3, -0.25) is 0 Å². The van der Waals surface area contributed by atoms with E-state index in [0.29, 0.717) is 32.7 Å². The molecule has 5 heteroatoms. The van der Waals surface area contributed by atoms with Crippen LogP contribution in [0.4, 0.5) is 0 Å². The SMILES string of the molecule is COc1cc(Cl)c(C(O)c2ccc(C)c(Cl)c2)cc1OC. The molecule has 0 fully saturated rings. The summed E-state index contributed by atoms with van der Waals surface area (Å²) in [7, 11) is 3.06. The minimum Gasteiger partial charge on any atom is -0.493 e. The predicted molar refractivity (Wildman–Crippen MR) is 84.8 cm³/mol. The third-order valence-electron chi connectivity index (χ3n) is 3.31. The molecule has 1 N–H and O–H groups in total. The molecule has 0 spiro atoms. The molecule has 0 radical (unpaired) electrons. The molecule has 21 heavy (non-hydrogen) atoms. The van der Waals surface area contributed by atoms with E-state index in [4.69, 9.17) is 32.7 Å². The summed E-state index contributed by atoms with van der Waals surface area (Å²) >= 11 is 12.3. The summed E-state index contributed by atoms with van der Waals surface area (Å²) in [5, 5.41) is 11.5. The molecule has 0 amide bonds. The molecule has 0 bridgehead atoms. The fourth-order valence-electron chi connectivity index (χ4n) is 2.04. The molecular formula is C16H16Cl2O3. The zero-order valence-electron chi connectivity index (χ0n) is 12.0. The Morgan fingerprint density at radius 2 is 1.57 bits per heavy atom. The number of benzene rings is 2. The number of halogens is 2. The summed E-state index contributed by atoms with van der Waals surface area (Å²) in [6.45, 7) is 1.90. The van der Waals surface area contributed by atoms with E-state index in [2.05, 4.69) is 0 Å². The van der Waals surface area contributed by atoms with Gasteiger partial charge in [0.2, 0.25) is 0 Å². The molecular weight excluding hydrogens is 311 g/mol. The minimum atomic E-state index is -0.893. The third-order valence-corrected chi connectivity index (χ3v) is 4.04. The molecule has 1 atom stereocenters. The van der Waals surface area contributed by atoms with Crippen molar-refractivity contribution >= 4 is 23.2 Å². The number of hydrogen-bond donors (Lipinski definition) is 1. The minimum absolute atomic E-state index is 0.400. The van der Waals surface area contributed by atoms with Crippen LogP contribution >= 0.6 is 23.2 Å². The summed E-state index contributed by atoms with van der Waals surface area (Å²) in [4.78, 5) is 0. The van der Waals surface area contributed by atoms with Crippen molar-refractivity contribution in [2.75, 3.05) is 14.2 Å². The van der Waals surface area contributed by atoms with Gasteiger partial charge in [-0.2, -0.15) is 0 Å². The van der Waals surface area contributed by atoms with Crippen LogP contribution in [0.5, 0.6) is 11.5 Å². The summed E-state index contributed by atoms with van der Waals surface area (Å²) in [6, 6.07) is 8.69. The summed E-state index contributed by atoms with van der Waals surface area (Å²) < 4.78 is 10.4. The molecule has 0 aliphatic heterocycles. The van der Waals surface area contributed by atoms with Gasteiger partial charge >= 0.3 is 0 Å². The van der Waals surface area contributed by atoms with E-state index in [0.717, 1.165) is 5.56 Å². The Hall–Kier alpha value is -1.42. The molecule has 0 saturated carbocycles. The monoisotopic (exact) mass is 326 g/mol. The predicted octanol–water partition coefficient (Wildman–Crippen LogP) is 4.40.